The van der Waals surface area contributed by atoms with Gasteiger partial charge in [0.25, 0.3) is 0 Å². The second kappa shape index (κ2) is 13.2. The van der Waals surface area contributed by atoms with E-state index >= 15 is 0 Å². The first-order valence-corrected chi connectivity index (χ1v) is 19.2. The second-order valence-electron chi connectivity index (χ2n) is 14.5. The molecule has 0 unspecified atom stereocenters. The molecule has 0 bridgehead atoms. The SMILES string of the molecule is c1cc(-c2cc3ccccc3o2)cc(-c2ccc(N(c3ccc(-c4cccc5ccccc45)cc3)c3ccc4c(ccc5ccccc54)c3)c3ccccc23)c1. The number of rotatable bonds is 6. The Morgan fingerprint density at radius 1 is 0.304 bits per heavy atom. The average molecular weight is 714 g/mol. The van der Waals surface area contributed by atoms with Crippen molar-refractivity contribution in [1.82, 2.24) is 0 Å². The quantitative estimate of drug-likeness (QED) is 0.160. The predicted octanol–water partition coefficient (Wildman–Crippen LogP) is 15.5. The van der Waals surface area contributed by atoms with E-state index in [0.29, 0.717) is 0 Å². The van der Waals surface area contributed by atoms with Crippen molar-refractivity contribution in [2.45, 2.75) is 0 Å². The zero-order valence-corrected chi connectivity index (χ0v) is 30.6. The molecular formula is C54H35NO. The van der Waals surface area contributed by atoms with Crippen LogP contribution >= 0.6 is 0 Å². The Hall–Kier alpha value is -7.42. The van der Waals surface area contributed by atoms with E-state index in [4.69, 9.17) is 4.42 Å². The third-order valence-corrected chi connectivity index (χ3v) is 11.2. The fraction of sp³-hybridized carbons (Fsp3) is 0. The number of hydrogen-bond donors (Lipinski definition) is 0. The molecule has 0 atom stereocenters. The molecule has 2 nitrogen and oxygen atoms in total. The highest BCUT2D eigenvalue weighted by molar-refractivity contribution is 6.10. The van der Waals surface area contributed by atoms with Gasteiger partial charge < -0.3 is 9.32 Å². The van der Waals surface area contributed by atoms with Gasteiger partial charge in [-0.1, -0.05) is 164 Å². The third-order valence-electron chi connectivity index (χ3n) is 11.2. The average Bonchev–Trinajstić information content (AvgIpc) is 3.71. The van der Waals surface area contributed by atoms with Crippen LogP contribution in [0.3, 0.4) is 0 Å². The van der Waals surface area contributed by atoms with Gasteiger partial charge in [-0.25, -0.2) is 0 Å². The zero-order chi connectivity index (χ0) is 37.0. The number of nitrogens with zero attached hydrogens (tertiary/aromatic N) is 1. The fourth-order valence-corrected chi connectivity index (χ4v) is 8.53. The minimum atomic E-state index is 0.871. The van der Waals surface area contributed by atoms with E-state index in [0.717, 1.165) is 44.9 Å². The number of benzene rings is 10. The molecular weight excluding hydrogens is 679 g/mol. The second-order valence-corrected chi connectivity index (χ2v) is 14.5. The number of hydrogen-bond acceptors (Lipinski definition) is 2. The lowest BCUT2D eigenvalue weighted by molar-refractivity contribution is 0.631. The summed E-state index contributed by atoms with van der Waals surface area (Å²) in [7, 11) is 0. The van der Waals surface area contributed by atoms with Crippen molar-refractivity contribution in [3.8, 4) is 33.6 Å². The Morgan fingerprint density at radius 2 is 0.911 bits per heavy atom. The molecule has 1 aromatic heterocycles. The molecule has 11 rings (SSSR count). The normalized spacial score (nSPS) is 11.6. The molecule has 0 aliphatic rings. The van der Waals surface area contributed by atoms with E-state index < -0.39 is 0 Å². The summed E-state index contributed by atoms with van der Waals surface area (Å²) in [6.07, 6.45) is 0. The largest absolute Gasteiger partial charge is 0.456 e. The molecule has 10 aromatic carbocycles. The first-order chi connectivity index (χ1) is 27.7. The van der Waals surface area contributed by atoms with Crippen LogP contribution in [0.5, 0.6) is 0 Å². The first-order valence-electron chi connectivity index (χ1n) is 19.2. The molecule has 0 aliphatic heterocycles. The topological polar surface area (TPSA) is 16.4 Å². The van der Waals surface area contributed by atoms with Crippen molar-refractivity contribution in [1.29, 1.82) is 0 Å². The van der Waals surface area contributed by atoms with Crippen molar-refractivity contribution >= 4 is 71.1 Å². The molecule has 0 amide bonds. The van der Waals surface area contributed by atoms with Crippen LogP contribution < -0.4 is 4.90 Å². The molecule has 0 saturated heterocycles. The molecule has 0 aliphatic carbocycles. The lowest BCUT2D eigenvalue weighted by Gasteiger charge is -2.28. The van der Waals surface area contributed by atoms with E-state index in [9.17, 15) is 0 Å². The van der Waals surface area contributed by atoms with Crippen LogP contribution in [0.25, 0.3) is 87.6 Å². The van der Waals surface area contributed by atoms with Crippen molar-refractivity contribution in [3.05, 3.63) is 212 Å². The minimum Gasteiger partial charge on any atom is -0.456 e. The van der Waals surface area contributed by atoms with Crippen molar-refractivity contribution in [2.24, 2.45) is 0 Å². The van der Waals surface area contributed by atoms with Gasteiger partial charge in [0.2, 0.25) is 0 Å². The zero-order valence-electron chi connectivity index (χ0n) is 30.6. The molecule has 11 aromatic rings. The summed E-state index contributed by atoms with van der Waals surface area (Å²) in [6.45, 7) is 0. The Balaban J connectivity index is 1.07. The smallest absolute Gasteiger partial charge is 0.135 e. The third kappa shape index (κ3) is 5.42. The molecule has 0 N–H and O–H groups in total. The highest BCUT2D eigenvalue weighted by Gasteiger charge is 2.19. The van der Waals surface area contributed by atoms with Crippen LogP contribution in [0.2, 0.25) is 0 Å². The van der Waals surface area contributed by atoms with E-state index in [2.05, 4.69) is 199 Å². The van der Waals surface area contributed by atoms with Crippen LogP contribution in [-0.4, -0.2) is 0 Å². The van der Waals surface area contributed by atoms with E-state index in [1.165, 1.54) is 59.8 Å². The van der Waals surface area contributed by atoms with Gasteiger partial charge in [-0.2, -0.15) is 0 Å². The molecule has 0 spiro atoms. The predicted molar refractivity (Wildman–Crippen MR) is 237 cm³/mol. The lowest BCUT2D eigenvalue weighted by Crippen LogP contribution is -2.10. The lowest BCUT2D eigenvalue weighted by atomic mass is 9.94. The molecule has 2 heteroatoms. The first kappa shape index (κ1) is 32.0. The van der Waals surface area contributed by atoms with Gasteiger partial charge in [-0.15, -0.1) is 0 Å². The molecule has 0 radical (unpaired) electrons. The maximum atomic E-state index is 6.29. The maximum absolute atomic E-state index is 6.29. The van der Waals surface area contributed by atoms with Gasteiger partial charge in [0.05, 0.1) is 5.69 Å². The number of furan rings is 1. The summed E-state index contributed by atoms with van der Waals surface area (Å²) < 4.78 is 6.29. The summed E-state index contributed by atoms with van der Waals surface area (Å²) in [6, 6.07) is 76.6. The van der Waals surface area contributed by atoms with Gasteiger partial charge in [-0.05, 0) is 108 Å². The van der Waals surface area contributed by atoms with Crippen molar-refractivity contribution in [2.75, 3.05) is 4.90 Å². The Kier molecular flexibility index (Phi) is 7.53. The van der Waals surface area contributed by atoms with E-state index in [1.54, 1.807) is 0 Å². The van der Waals surface area contributed by atoms with Crippen LogP contribution in [0.15, 0.2) is 217 Å². The number of para-hydroxylation sites is 1. The van der Waals surface area contributed by atoms with Crippen molar-refractivity contribution in [3.63, 3.8) is 0 Å². The summed E-state index contributed by atoms with van der Waals surface area (Å²) in [4.78, 5) is 2.42. The monoisotopic (exact) mass is 713 g/mol. The molecule has 262 valence electrons. The molecule has 0 saturated carbocycles. The Morgan fingerprint density at radius 3 is 1.75 bits per heavy atom. The highest BCUT2D eigenvalue weighted by Crippen LogP contribution is 2.44. The summed E-state index contributed by atoms with van der Waals surface area (Å²) in [5.41, 5.74) is 10.0. The van der Waals surface area contributed by atoms with Crippen LogP contribution in [0.4, 0.5) is 17.1 Å². The van der Waals surface area contributed by atoms with Crippen LogP contribution in [0, 0.1) is 0 Å². The van der Waals surface area contributed by atoms with Gasteiger partial charge in [0, 0.05) is 27.7 Å². The Labute approximate surface area is 325 Å². The molecule has 0 fully saturated rings. The van der Waals surface area contributed by atoms with Gasteiger partial charge in [0.15, 0.2) is 0 Å². The molecule has 56 heavy (non-hydrogen) atoms. The summed E-state index contributed by atoms with van der Waals surface area (Å²) >= 11 is 0. The summed E-state index contributed by atoms with van der Waals surface area (Å²) in [5.74, 6) is 0.871. The molecule has 1 heterocycles. The van der Waals surface area contributed by atoms with E-state index in [1.807, 2.05) is 18.2 Å². The van der Waals surface area contributed by atoms with Gasteiger partial charge >= 0.3 is 0 Å². The number of fused-ring (bicyclic) bond motifs is 6. The maximum Gasteiger partial charge on any atom is 0.135 e. The van der Waals surface area contributed by atoms with Crippen LogP contribution in [-0.2, 0) is 0 Å². The Bertz CT molecular complexity index is 3220. The van der Waals surface area contributed by atoms with Crippen LogP contribution in [0.1, 0.15) is 0 Å². The number of anilines is 3. The minimum absolute atomic E-state index is 0.871. The fourth-order valence-electron chi connectivity index (χ4n) is 8.53. The van der Waals surface area contributed by atoms with Gasteiger partial charge in [0.1, 0.15) is 11.3 Å². The summed E-state index contributed by atoms with van der Waals surface area (Å²) in [5, 5.41) is 11.0. The van der Waals surface area contributed by atoms with Gasteiger partial charge in [-0.3, -0.25) is 0 Å². The van der Waals surface area contributed by atoms with E-state index in [-0.39, 0.29) is 0 Å². The highest BCUT2D eigenvalue weighted by atomic mass is 16.3. The standard InChI is InChI=1S/C54H35NO/c1-4-17-45-36(11-1)14-10-21-47(45)38-25-27-43(28-26-38)55(44-29-30-48-40(34-44)24-23-37-12-2-5-18-46(37)48)52-32-31-49(50-19-6-7-20-51(50)52)39-15-9-16-41(33-39)54-35-42-13-3-8-22-53(42)56-54/h1-35H. The van der Waals surface area contributed by atoms with Crippen molar-refractivity contribution < 1.29 is 4.42 Å².